The van der Waals surface area contributed by atoms with Crippen molar-refractivity contribution in [1.29, 1.82) is 0 Å². The molecule has 4 nitrogen and oxygen atoms in total. The predicted molar refractivity (Wildman–Crippen MR) is 89.5 cm³/mol. The molecular weight excluding hydrogens is 274 g/mol. The first-order valence-electron chi connectivity index (χ1n) is 8.14. The molecule has 2 aliphatic heterocycles. The van der Waals surface area contributed by atoms with Crippen LogP contribution in [0, 0.1) is 0 Å². The molecule has 2 aliphatic rings. The van der Waals surface area contributed by atoms with Gasteiger partial charge in [0.25, 0.3) is 0 Å². The molecule has 0 spiro atoms. The van der Waals surface area contributed by atoms with Gasteiger partial charge in [0.1, 0.15) is 0 Å². The van der Waals surface area contributed by atoms with Crippen molar-refractivity contribution < 1.29 is 4.79 Å². The summed E-state index contributed by atoms with van der Waals surface area (Å²) in [5, 5.41) is 0. The fraction of sp³-hybridized carbons (Fsp3) is 0.500. The summed E-state index contributed by atoms with van der Waals surface area (Å²) in [5.41, 5.74) is 1.15. The summed E-state index contributed by atoms with van der Waals surface area (Å²) < 4.78 is 0. The number of carbonyl (C=O) groups excluding carboxylic acids is 1. The van der Waals surface area contributed by atoms with Crippen LogP contribution < -0.4 is 0 Å². The Kier molecular flexibility index (Phi) is 4.90. The van der Waals surface area contributed by atoms with Crippen molar-refractivity contribution in [1.82, 2.24) is 14.7 Å². The van der Waals surface area contributed by atoms with E-state index in [4.69, 9.17) is 0 Å². The van der Waals surface area contributed by atoms with Gasteiger partial charge in [-0.15, -0.1) is 0 Å². The van der Waals surface area contributed by atoms with Gasteiger partial charge in [0.05, 0.1) is 0 Å². The van der Waals surface area contributed by atoms with Gasteiger partial charge in [-0.25, -0.2) is 0 Å². The third kappa shape index (κ3) is 3.76. The molecule has 1 amide bonds. The zero-order valence-electron chi connectivity index (χ0n) is 13.3. The Morgan fingerprint density at radius 3 is 2.73 bits per heavy atom. The molecule has 4 heteroatoms. The number of piperazine rings is 2. The molecule has 1 aromatic rings. The molecule has 0 aliphatic carbocycles. The summed E-state index contributed by atoms with van der Waals surface area (Å²) in [7, 11) is 2.17. The molecule has 1 aromatic carbocycles. The largest absolute Gasteiger partial charge is 0.340 e. The Morgan fingerprint density at radius 1 is 1.14 bits per heavy atom. The van der Waals surface area contributed by atoms with E-state index < -0.39 is 0 Å². The van der Waals surface area contributed by atoms with Crippen LogP contribution in [-0.2, 0) is 4.79 Å². The fourth-order valence-electron chi connectivity index (χ4n) is 3.33. The van der Waals surface area contributed by atoms with Gasteiger partial charge in [-0.3, -0.25) is 9.69 Å². The quantitative estimate of drug-likeness (QED) is 0.847. The van der Waals surface area contributed by atoms with Gasteiger partial charge in [0.15, 0.2) is 0 Å². The van der Waals surface area contributed by atoms with Crippen molar-refractivity contribution in [3.8, 4) is 0 Å². The van der Waals surface area contributed by atoms with Gasteiger partial charge in [-0.1, -0.05) is 42.5 Å². The number of likely N-dealkylation sites (N-methyl/N-ethyl adjacent to an activating group) is 1. The highest BCUT2D eigenvalue weighted by Gasteiger charge is 2.32. The number of nitrogens with zero attached hydrogens (tertiary/aromatic N) is 3. The molecule has 3 rings (SSSR count). The summed E-state index contributed by atoms with van der Waals surface area (Å²) in [4.78, 5) is 19.3. The summed E-state index contributed by atoms with van der Waals surface area (Å²) in [6.07, 6.45) is 4.51. The van der Waals surface area contributed by atoms with Crippen LogP contribution in [0.4, 0.5) is 0 Å². The molecule has 0 aromatic heterocycles. The second-order valence-corrected chi connectivity index (χ2v) is 6.31. The van der Waals surface area contributed by atoms with Crippen molar-refractivity contribution in [2.45, 2.75) is 12.5 Å². The first-order chi connectivity index (χ1) is 10.7. The molecule has 1 unspecified atom stereocenters. The van der Waals surface area contributed by atoms with E-state index in [1.165, 1.54) is 0 Å². The Morgan fingerprint density at radius 2 is 1.91 bits per heavy atom. The number of hydrogen-bond acceptors (Lipinski definition) is 3. The zero-order valence-corrected chi connectivity index (χ0v) is 13.3. The summed E-state index contributed by atoms with van der Waals surface area (Å²) in [6.45, 7) is 6.12. The Bertz CT molecular complexity index is 528. The van der Waals surface area contributed by atoms with E-state index in [2.05, 4.69) is 29.0 Å². The number of carbonyl (C=O) groups is 1. The summed E-state index contributed by atoms with van der Waals surface area (Å²) in [6, 6.07) is 10.6. The molecule has 118 valence electrons. The highest BCUT2D eigenvalue weighted by Crippen LogP contribution is 2.15. The second-order valence-electron chi connectivity index (χ2n) is 6.31. The maximum Gasteiger partial charge on any atom is 0.226 e. The highest BCUT2D eigenvalue weighted by molar-refractivity contribution is 5.78. The third-order valence-corrected chi connectivity index (χ3v) is 4.65. The standard InChI is InChI=1S/C18H25N3O/c1-19-10-11-20-12-13-21(15-17(20)14-19)18(22)9-5-8-16-6-3-2-4-7-16/h2-8,17H,9-15H2,1H3. The average molecular weight is 299 g/mol. The monoisotopic (exact) mass is 299 g/mol. The van der Waals surface area contributed by atoms with E-state index in [0.29, 0.717) is 12.5 Å². The molecule has 0 bridgehead atoms. The van der Waals surface area contributed by atoms with E-state index in [1.54, 1.807) is 0 Å². The number of hydrogen-bond donors (Lipinski definition) is 0. The molecular formula is C18H25N3O. The van der Waals surface area contributed by atoms with Crippen molar-refractivity contribution in [2.24, 2.45) is 0 Å². The van der Waals surface area contributed by atoms with E-state index in [0.717, 1.165) is 44.8 Å². The molecule has 0 N–H and O–H groups in total. The molecule has 2 heterocycles. The normalized spacial score (nSPS) is 23.7. The van der Waals surface area contributed by atoms with Gasteiger partial charge in [-0.2, -0.15) is 0 Å². The number of amides is 1. The molecule has 2 fully saturated rings. The molecule has 22 heavy (non-hydrogen) atoms. The van der Waals surface area contributed by atoms with Crippen LogP contribution in [0.5, 0.6) is 0 Å². The SMILES string of the molecule is CN1CCN2CCN(C(=O)CC=Cc3ccccc3)CC2C1. The van der Waals surface area contributed by atoms with Gasteiger partial charge in [0.2, 0.25) is 5.91 Å². The molecule has 0 radical (unpaired) electrons. The van der Waals surface area contributed by atoms with E-state index in [9.17, 15) is 4.79 Å². The topological polar surface area (TPSA) is 26.8 Å². The van der Waals surface area contributed by atoms with Gasteiger partial charge in [0, 0.05) is 51.7 Å². The fourth-order valence-corrected chi connectivity index (χ4v) is 3.33. The first-order valence-corrected chi connectivity index (χ1v) is 8.14. The van der Waals surface area contributed by atoms with Crippen LogP contribution in [0.3, 0.4) is 0 Å². The minimum Gasteiger partial charge on any atom is -0.340 e. The lowest BCUT2D eigenvalue weighted by molar-refractivity contribution is -0.134. The van der Waals surface area contributed by atoms with Crippen LogP contribution in [0.2, 0.25) is 0 Å². The smallest absolute Gasteiger partial charge is 0.226 e. The minimum absolute atomic E-state index is 0.250. The lowest BCUT2D eigenvalue weighted by Gasteiger charge is -2.46. The van der Waals surface area contributed by atoms with Crippen LogP contribution in [0.25, 0.3) is 6.08 Å². The molecule has 2 saturated heterocycles. The molecule has 1 atom stereocenters. The van der Waals surface area contributed by atoms with Crippen LogP contribution in [0.1, 0.15) is 12.0 Å². The van der Waals surface area contributed by atoms with E-state index >= 15 is 0 Å². The van der Waals surface area contributed by atoms with Gasteiger partial charge >= 0.3 is 0 Å². The summed E-state index contributed by atoms with van der Waals surface area (Å²) >= 11 is 0. The van der Waals surface area contributed by atoms with Crippen LogP contribution >= 0.6 is 0 Å². The van der Waals surface area contributed by atoms with Crippen molar-refractivity contribution >= 4 is 12.0 Å². The van der Waals surface area contributed by atoms with Crippen LogP contribution in [-0.4, -0.2) is 73.0 Å². The number of rotatable bonds is 3. The number of benzene rings is 1. The Labute approximate surface area is 133 Å². The zero-order chi connectivity index (χ0) is 15.4. The first kappa shape index (κ1) is 15.3. The Balaban J connectivity index is 1.51. The van der Waals surface area contributed by atoms with Gasteiger partial charge < -0.3 is 9.80 Å². The highest BCUT2D eigenvalue weighted by atomic mass is 16.2. The molecule has 0 saturated carbocycles. The van der Waals surface area contributed by atoms with Crippen molar-refractivity contribution in [3.63, 3.8) is 0 Å². The average Bonchev–Trinajstić information content (AvgIpc) is 2.55. The van der Waals surface area contributed by atoms with E-state index in [-0.39, 0.29) is 5.91 Å². The third-order valence-electron chi connectivity index (χ3n) is 4.65. The maximum absolute atomic E-state index is 12.4. The Hall–Kier alpha value is -1.65. The maximum atomic E-state index is 12.4. The number of fused-ring (bicyclic) bond motifs is 1. The predicted octanol–water partition coefficient (Wildman–Crippen LogP) is 1.55. The van der Waals surface area contributed by atoms with Crippen molar-refractivity contribution in [3.05, 3.63) is 42.0 Å². The summed E-state index contributed by atoms with van der Waals surface area (Å²) in [5.74, 6) is 0.250. The lowest BCUT2D eigenvalue weighted by atomic mass is 10.1. The second kappa shape index (κ2) is 7.07. The minimum atomic E-state index is 0.250. The van der Waals surface area contributed by atoms with E-state index in [1.807, 2.05) is 35.3 Å². The van der Waals surface area contributed by atoms with Crippen molar-refractivity contribution in [2.75, 3.05) is 46.3 Å². The van der Waals surface area contributed by atoms with Crippen LogP contribution in [0.15, 0.2) is 36.4 Å². The van der Waals surface area contributed by atoms with Gasteiger partial charge in [-0.05, 0) is 12.6 Å². The lowest BCUT2D eigenvalue weighted by Crippen LogP contribution is -2.62.